The van der Waals surface area contributed by atoms with E-state index in [9.17, 15) is 0 Å². The van der Waals surface area contributed by atoms with Gasteiger partial charge in [-0.1, -0.05) is 103 Å². The van der Waals surface area contributed by atoms with Gasteiger partial charge in [-0.05, 0) is 65.2 Å². The van der Waals surface area contributed by atoms with Crippen molar-refractivity contribution in [1.29, 1.82) is 0 Å². The number of hydrogen-bond acceptors (Lipinski definition) is 4. The number of allylic oxidation sites excluding steroid dienone is 2. The molecule has 11 rings (SSSR count). The average Bonchev–Trinajstić information content (AvgIpc) is 3.90. The average molecular weight is 634 g/mol. The zero-order valence-electron chi connectivity index (χ0n) is 25.7. The molecule has 6 aromatic carbocycles. The van der Waals surface area contributed by atoms with E-state index in [1.165, 1.54) is 58.7 Å². The Morgan fingerprint density at radius 3 is 2.33 bits per heavy atom. The van der Waals surface area contributed by atoms with E-state index in [2.05, 4.69) is 161 Å². The van der Waals surface area contributed by atoms with Crippen LogP contribution in [0, 0.1) is 0 Å². The number of rotatable bonds is 3. The predicted molar refractivity (Wildman–Crippen MR) is 200 cm³/mol. The highest BCUT2D eigenvalue weighted by molar-refractivity contribution is 7.26. The molecule has 9 aromatic rings. The van der Waals surface area contributed by atoms with Crippen molar-refractivity contribution in [3.63, 3.8) is 0 Å². The molecular weight excluding hydrogens is 607 g/mol. The van der Waals surface area contributed by atoms with Crippen molar-refractivity contribution in [3.8, 4) is 16.8 Å². The van der Waals surface area contributed by atoms with E-state index in [1.807, 2.05) is 11.3 Å². The van der Waals surface area contributed by atoms with Crippen LogP contribution in [0.3, 0.4) is 0 Å². The first-order chi connectivity index (χ1) is 23.8. The summed E-state index contributed by atoms with van der Waals surface area (Å²) in [6, 6.07) is 46.7. The molecule has 4 heterocycles. The fourth-order valence-electron chi connectivity index (χ4n) is 8.03. The summed E-state index contributed by atoms with van der Waals surface area (Å²) in [5, 5.41) is 4.91. The van der Waals surface area contributed by atoms with Crippen molar-refractivity contribution < 1.29 is 4.42 Å². The van der Waals surface area contributed by atoms with Crippen LogP contribution in [0.25, 0.3) is 69.9 Å². The molecule has 0 N–H and O–H groups in total. The number of aromatic nitrogens is 2. The van der Waals surface area contributed by atoms with Crippen LogP contribution in [-0.2, 0) is 0 Å². The van der Waals surface area contributed by atoms with E-state index in [4.69, 9.17) is 9.40 Å². The fourth-order valence-corrected chi connectivity index (χ4v) is 9.14. The maximum atomic E-state index is 6.64. The highest BCUT2D eigenvalue weighted by Crippen LogP contribution is 2.50. The SMILES string of the molecule is C1=CC2c3ccc(-c4ccc5c6ccccc6n(-c6ccccc6)c5c4)cc3N(c3nc4c(ccc5sc6ccccc6c54)o3)C2C=C1. The Morgan fingerprint density at radius 2 is 1.40 bits per heavy atom. The van der Waals surface area contributed by atoms with Crippen molar-refractivity contribution in [3.05, 3.63) is 157 Å². The summed E-state index contributed by atoms with van der Waals surface area (Å²) in [6.45, 7) is 0. The van der Waals surface area contributed by atoms with Crippen molar-refractivity contribution in [2.24, 2.45) is 0 Å². The van der Waals surface area contributed by atoms with Gasteiger partial charge in [0.05, 0.1) is 22.8 Å². The maximum Gasteiger partial charge on any atom is 0.303 e. The molecule has 1 aliphatic heterocycles. The second kappa shape index (κ2) is 9.80. The lowest BCUT2D eigenvalue weighted by Gasteiger charge is -2.25. The van der Waals surface area contributed by atoms with Gasteiger partial charge in [0.25, 0.3) is 0 Å². The van der Waals surface area contributed by atoms with Gasteiger partial charge in [-0.3, -0.25) is 4.90 Å². The van der Waals surface area contributed by atoms with Gasteiger partial charge in [0.15, 0.2) is 5.58 Å². The van der Waals surface area contributed by atoms with E-state index < -0.39 is 0 Å². The molecule has 0 fully saturated rings. The fraction of sp³-hybridized carbons (Fsp3) is 0.0465. The molecule has 0 saturated heterocycles. The standard InChI is InChI=1S/C43H27N3OS/c1-2-10-28(11-3-1)45-34-15-7-4-12-29(34)31-20-18-26(24-36(31)45)27-19-21-32-30-13-5-8-16-35(30)46(37(32)25-27)43-44-42-38(47-43)22-23-40-41(42)33-14-6-9-17-39(33)48-40/h1-25,30,35H. The molecule has 5 heteroatoms. The van der Waals surface area contributed by atoms with Gasteiger partial charge in [0.1, 0.15) is 5.52 Å². The van der Waals surface area contributed by atoms with Crippen LogP contribution in [0.2, 0.25) is 0 Å². The minimum absolute atomic E-state index is 0.0890. The molecule has 2 aliphatic rings. The lowest BCUT2D eigenvalue weighted by molar-refractivity contribution is 0.575. The first-order valence-corrected chi connectivity index (χ1v) is 17.2. The van der Waals surface area contributed by atoms with Crippen molar-refractivity contribution >= 4 is 76.1 Å². The summed E-state index contributed by atoms with van der Waals surface area (Å²) in [4.78, 5) is 7.56. The number of oxazole rings is 1. The number of hydrogen-bond donors (Lipinski definition) is 0. The zero-order valence-corrected chi connectivity index (χ0v) is 26.6. The number of nitrogens with zero attached hydrogens (tertiary/aromatic N) is 3. The summed E-state index contributed by atoms with van der Waals surface area (Å²) in [7, 11) is 0. The van der Waals surface area contributed by atoms with Gasteiger partial charge in [-0.15, -0.1) is 11.3 Å². The predicted octanol–water partition coefficient (Wildman–Crippen LogP) is 11.7. The Labute approximate surface area is 280 Å². The van der Waals surface area contributed by atoms with Gasteiger partial charge >= 0.3 is 6.01 Å². The monoisotopic (exact) mass is 633 g/mol. The van der Waals surface area contributed by atoms with Crippen LogP contribution in [0.15, 0.2) is 156 Å². The molecule has 3 aromatic heterocycles. The second-order valence-corrected chi connectivity index (χ2v) is 13.8. The first kappa shape index (κ1) is 26.2. The molecular formula is C43H27N3OS. The Bertz CT molecular complexity index is 2820. The van der Waals surface area contributed by atoms with Crippen LogP contribution >= 0.6 is 11.3 Å². The van der Waals surface area contributed by atoms with Crippen molar-refractivity contribution in [1.82, 2.24) is 9.55 Å². The summed E-state index contributed by atoms with van der Waals surface area (Å²) in [5.41, 5.74) is 10.1. The van der Waals surface area contributed by atoms with Crippen molar-refractivity contribution in [2.45, 2.75) is 12.0 Å². The number of fused-ring (bicyclic) bond motifs is 11. The minimum Gasteiger partial charge on any atom is -0.423 e. The van der Waals surface area contributed by atoms with E-state index in [-0.39, 0.29) is 12.0 Å². The van der Waals surface area contributed by atoms with Crippen LogP contribution in [0.5, 0.6) is 0 Å². The molecule has 0 bridgehead atoms. The van der Waals surface area contributed by atoms with Gasteiger partial charge < -0.3 is 8.98 Å². The quantitative estimate of drug-likeness (QED) is 0.194. The normalized spacial score (nSPS) is 17.0. The Kier molecular flexibility index (Phi) is 5.35. The molecule has 48 heavy (non-hydrogen) atoms. The number of para-hydroxylation sites is 2. The molecule has 0 spiro atoms. The lowest BCUT2D eigenvalue weighted by atomic mass is 9.90. The molecule has 226 valence electrons. The van der Waals surface area contributed by atoms with Gasteiger partial charge in [-0.2, -0.15) is 4.98 Å². The van der Waals surface area contributed by atoms with E-state index in [1.54, 1.807) is 0 Å². The molecule has 0 amide bonds. The lowest BCUT2D eigenvalue weighted by Crippen LogP contribution is -2.28. The van der Waals surface area contributed by atoms with Crippen LogP contribution < -0.4 is 4.90 Å². The molecule has 0 radical (unpaired) electrons. The topological polar surface area (TPSA) is 34.2 Å². The molecule has 2 unspecified atom stereocenters. The molecule has 0 saturated carbocycles. The number of thiophene rings is 1. The van der Waals surface area contributed by atoms with Gasteiger partial charge in [0.2, 0.25) is 0 Å². The first-order valence-electron chi connectivity index (χ1n) is 16.4. The smallest absolute Gasteiger partial charge is 0.303 e. The third kappa shape index (κ3) is 3.62. The largest absolute Gasteiger partial charge is 0.423 e. The third-order valence-corrected chi connectivity index (χ3v) is 11.3. The summed E-state index contributed by atoms with van der Waals surface area (Å²) in [6.07, 6.45) is 8.89. The third-order valence-electron chi connectivity index (χ3n) is 10.2. The minimum atomic E-state index is 0.0890. The maximum absolute atomic E-state index is 6.64. The van der Waals surface area contributed by atoms with E-state index in [0.29, 0.717) is 6.01 Å². The number of benzene rings is 6. The van der Waals surface area contributed by atoms with Crippen LogP contribution in [-0.4, -0.2) is 15.6 Å². The van der Waals surface area contributed by atoms with E-state index in [0.717, 1.165) is 22.5 Å². The highest BCUT2D eigenvalue weighted by atomic mass is 32.1. The molecule has 2 atom stereocenters. The Balaban J connectivity index is 1.10. The van der Waals surface area contributed by atoms with Gasteiger partial charge in [-0.25, -0.2) is 0 Å². The van der Waals surface area contributed by atoms with Crippen LogP contribution in [0.4, 0.5) is 11.7 Å². The van der Waals surface area contributed by atoms with Crippen LogP contribution in [0.1, 0.15) is 11.5 Å². The second-order valence-electron chi connectivity index (χ2n) is 12.7. The van der Waals surface area contributed by atoms with Gasteiger partial charge in [0, 0.05) is 42.6 Å². The Hall–Kier alpha value is -5.91. The van der Waals surface area contributed by atoms with Crippen molar-refractivity contribution in [2.75, 3.05) is 4.90 Å². The Morgan fingerprint density at radius 1 is 0.625 bits per heavy atom. The molecule has 1 aliphatic carbocycles. The molecule has 4 nitrogen and oxygen atoms in total. The summed E-state index contributed by atoms with van der Waals surface area (Å²) >= 11 is 1.81. The summed E-state index contributed by atoms with van der Waals surface area (Å²) in [5.74, 6) is 0.221. The number of anilines is 2. The zero-order chi connectivity index (χ0) is 31.3. The highest BCUT2D eigenvalue weighted by Gasteiger charge is 2.40. The van der Waals surface area contributed by atoms with E-state index >= 15 is 0 Å². The summed E-state index contributed by atoms with van der Waals surface area (Å²) < 4.78 is 11.5.